The molecule has 160 valence electrons. The van der Waals surface area contributed by atoms with Crippen LogP contribution in [0.15, 0.2) is 97.1 Å². The molecule has 0 atom stereocenters. The number of phenols is 4. The average Bonchev–Trinajstić information content (AvgIpc) is 2.86. The predicted octanol–water partition coefficient (Wildman–Crippen LogP) is 4.66. The van der Waals surface area contributed by atoms with Crippen LogP contribution in [-0.2, 0) is 0 Å². The number of aromatic hydroxyl groups is 4. The highest BCUT2D eigenvalue weighted by molar-refractivity contribution is 6.11. The van der Waals surface area contributed by atoms with Crippen LogP contribution >= 0.6 is 0 Å². The number of benzene rings is 4. The maximum absolute atomic E-state index is 12.0. The van der Waals surface area contributed by atoms with E-state index in [1.54, 1.807) is 18.2 Å². The van der Waals surface area contributed by atoms with E-state index < -0.39 is 28.8 Å². The Kier molecular flexibility index (Phi) is 6.88. The van der Waals surface area contributed by atoms with E-state index in [1.165, 1.54) is 12.1 Å². The standard InChI is InChI=1S/C13H10O5.C13H10O/c14-9-6-8(11(16)13(18)12(9)17)10(15)7-4-2-1-3-5-7;14-13(11-7-3-1-4-8-11)12-9-5-2-6-10-12/h1-6,14,16-18H;1-10H. The molecule has 0 radical (unpaired) electrons. The van der Waals surface area contributed by atoms with Gasteiger partial charge >= 0.3 is 0 Å². The van der Waals surface area contributed by atoms with Crippen molar-refractivity contribution in [3.63, 3.8) is 0 Å². The van der Waals surface area contributed by atoms with Gasteiger partial charge in [0.2, 0.25) is 11.5 Å². The monoisotopic (exact) mass is 428 g/mol. The van der Waals surface area contributed by atoms with Crippen LogP contribution in [0.25, 0.3) is 0 Å². The lowest BCUT2D eigenvalue weighted by Crippen LogP contribution is -2.01. The molecule has 0 heterocycles. The fourth-order valence-corrected chi connectivity index (χ4v) is 2.90. The SMILES string of the molecule is O=C(c1ccccc1)c1cc(O)c(O)c(O)c1O.O=C(c1ccccc1)c1ccccc1. The van der Waals surface area contributed by atoms with Gasteiger partial charge in [-0.2, -0.15) is 0 Å². The lowest BCUT2D eigenvalue weighted by atomic mass is 10.0. The number of hydrogen-bond donors (Lipinski definition) is 4. The molecule has 6 nitrogen and oxygen atoms in total. The second-order valence-electron chi connectivity index (χ2n) is 6.75. The molecule has 0 fully saturated rings. The number of carbonyl (C=O) groups is 2. The van der Waals surface area contributed by atoms with Gasteiger partial charge in [0.1, 0.15) is 0 Å². The van der Waals surface area contributed by atoms with E-state index in [1.807, 2.05) is 60.7 Å². The van der Waals surface area contributed by atoms with Gasteiger partial charge in [0.15, 0.2) is 23.1 Å². The van der Waals surface area contributed by atoms with Crippen LogP contribution in [0, 0.1) is 0 Å². The van der Waals surface area contributed by atoms with Gasteiger partial charge in [0, 0.05) is 16.7 Å². The van der Waals surface area contributed by atoms with Crippen molar-refractivity contribution in [2.45, 2.75) is 0 Å². The Balaban J connectivity index is 0.000000186. The molecule has 0 aliphatic carbocycles. The van der Waals surface area contributed by atoms with E-state index >= 15 is 0 Å². The van der Waals surface area contributed by atoms with Gasteiger partial charge < -0.3 is 20.4 Å². The Morgan fingerprint density at radius 2 is 0.844 bits per heavy atom. The smallest absolute Gasteiger partial charge is 0.205 e. The normalized spacial score (nSPS) is 10.0. The summed E-state index contributed by atoms with van der Waals surface area (Å²) >= 11 is 0. The van der Waals surface area contributed by atoms with Gasteiger partial charge in [-0.25, -0.2) is 0 Å². The maximum Gasteiger partial charge on any atom is 0.205 e. The molecule has 0 bridgehead atoms. The highest BCUT2D eigenvalue weighted by Crippen LogP contribution is 2.44. The summed E-state index contributed by atoms with van der Waals surface area (Å²) in [6.07, 6.45) is 0. The Labute approximate surface area is 184 Å². The summed E-state index contributed by atoms with van der Waals surface area (Å²) in [5, 5.41) is 37.5. The van der Waals surface area contributed by atoms with Crippen LogP contribution in [0.2, 0.25) is 0 Å². The molecule has 0 saturated carbocycles. The molecular weight excluding hydrogens is 408 g/mol. The van der Waals surface area contributed by atoms with Crippen LogP contribution in [0.3, 0.4) is 0 Å². The van der Waals surface area contributed by atoms with Gasteiger partial charge in [-0.3, -0.25) is 9.59 Å². The molecular formula is C26H20O6. The first-order valence-electron chi connectivity index (χ1n) is 9.61. The topological polar surface area (TPSA) is 115 Å². The predicted molar refractivity (Wildman–Crippen MR) is 119 cm³/mol. The Bertz CT molecular complexity index is 1180. The molecule has 6 heteroatoms. The van der Waals surface area contributed by atoms with Crippen LogP contribution in [-0.4, -0.2) is 32.0 Å². The molecule has 4 rings (SSSR count). The largest absolute Gasteiger partial charge is 0.504 e. The summed E-state index contributed by atoms with van der Waals surface area (Å²) in [5.74, 6) is -3.72. The zero-order valence-electron chi connectivity index (χ0n) is 16.8. The number of hydrogen-bond acceptors (Lipinski definition) is 6. The Morgan fingerprint density at radius 3 is 1.25 bits per heavy atom. The van der Waals surface area contributed by atoms with Gasteiger partial charge in [-0.1, -0.05) is 91.0 Å². The summed E-state index contributed by atoms with van der Waals surface area (Å²) in [7, 11) is 0. The number of rotatable bonds is 4. The minimum atomic E-state index is -0.922. The summed E-state index contributed by atoms with van der Waals surface area (Å²) in [5.41, 5.74) is 1.48. The fraction of sp³-hybridized carbons (Fsp3) is 0. The van der Waals surface area contributed by atoms with Crippen molar-refractivity contribution in [1.29, 1.82) is 0 Å². The van der Waals surface area contributed by atoms with E-state index in [-0.39, 0.29) is 16.9 Å². The highest BCUT2D eigenvalue weighted by atomic mass is 16.3. The summed E-state index contributed by atoms with van der Waals surface area (Å²) < 4.78 is 0. The van der Waals surface area contributed by atoms with Crippen LogP contribution in [0.1, 0.15) is 31.8 Å². The molecule has 0 aromatic heterocycles. The maximum atomic E-state index is 12.0. The summed E-state index contributed by atoms with van der Waals surface area (Å²) in [6, 6.07) is 27.6. The van der Waals surface area contributed by atoms with E-state index in [0.29, 0.717) is 0 Å². The van der Waals surface area contributed by atoms with Crippen LogP contribution < -0.4 is 0 Å². The lowest BCUT2D eigenvalue weighted by Gasteiger charge is -2.08. The molecule has 4 aromatic rings. The number of carbonyl (C=O) groups excluding carboxylic acids is 2. The second-order valence-corrected chi connectivity index (χ2v) is 6.75. The first-order valence-corrected chi connectivity index (χ1v) is 9.61. The van der Waals surface area contributed by atoms with E-state index in [4.69, 9.17) is 0 Å². The molecule has 0 spiro atoms. The van der Waals surface area contributed by atoms with Crippen molar-refractivity contribution in [2.24, 2.45) is 0 Å². The van der Waals surface area contributed by atoms with Crippen molar-refractivity contribution < 1.29 is 30.0 Å². The molecule has 0 unspecified atom stereocenters. The zero-order valence-corrected chi connectivity index (χ0v) is 16.8. The molecule has 0 aliphatic rings. The van der Waals surface area contributed by atoms with Crippen molar-refractivity contribution >= 4 is 11.6 Å². The van der Waals surface area contributed by atoms with Crippen LogP contribution in [0.5, 0.6) is 23.0 Å². The molecule has 0 amide bonds. The highest BCUT2D eigenvalue weighted by Gasteiger charge is 2.21. The Morgan fingerprint density at radius 1 is 0.469 bits per heavy atom. The minimum absolute atomic E-state index is 0.0752. The van der Waals surface area contributed by atoms with Crippen molar-refractivity contribution in [3.05, 3.63) is 119 Å². The molecule has 0 saturated heterocycles. The zero-order chi connectivity index (χ0) is 23.1. The number of ketones is 2. The Hall–Kier alpha value is -4.58. The molecule has 32 heavy (non-hydrogen) atoms. The third-order valence-corrected chi connectivity index (χ3v) is 4.58. The fourth-order valence-electron chi connectivity index (χ4n) is 2.90. The van der Waals surface area contributed by atoms with Gasteiger partial charge in [-0.15, -0.1) is 0 Å². The lowest BCUT2D eigenvalue weighted by molar-refractivity contribution is 0.102. The average molecular weight is 428 g/mol. The van der Waals surface area contributed by atoms with Crippen molar-refractivity contribution in [3.8, 4) is 23.0 Å². The molecule has 0 aliphatic heterocycles. The third kappa shape index (κ3) is 4.94. The molecule has 4 N–H and O–H groups in total. The van der Waals surface area contributed by atoms with Gasteiger partial charge in [0.05, 0.1) is 5.56 Å². The first-order chi connectivity index (χ1) is 15.4. The van der Waals surface area contributed by atoms with E-state index in [2.05, 4.69) is 0 Å². The van der Waals surface area contributed by atoms with E-state index in [0.717, 1.165) is 17.2 Å². The van der Waals surface area contributed by atoms with Gasteiger partial charge in [-0.05, 0) is 6.07 Å². The quantitative estimate of drug-likeness (QED) is 0.214. The van der Waals surface area contributed by atoms with Crippen molar-refractivity contribution in [2.75, 3.05) is 0 Å². The summed E-state index contributed by atoms with van der Waals surface area (Å²) in [6.45, 7) is 0. The van der Waals surface area contributed by atoms with E-state index in [9.17, 15) is 30.0 Å². The number of phenolic OH excluding ortho intramolecular Hbond substituents is 4. The minimum Gasteiger partial charge on any atom is -0.504 e. The second kappa shape index (κ2) is 9.95. The third-order valence-electron chi connectivity index (χ3n) is 4.58. The first kappa shape index (κ1) is 22.1. The van der Waals surface area contributed by atoms with Crippen molar-refractivity contribution in [1.82, 2.24) is 0 Å². The van der Waals surface area contributed by atoms with Crippen LogP contribution in [0.4, 0.5) is 0 Å². The molecule has 4 aromatic carbocycles. The summed E-state index contributed by atoms with van der Waals surface area (Å²) in [4.78, 5) is 23.9. The van der Waals surface area contributed by atoms with Gasteiger partial charge in [0.25, 0.3) is 0 Å².